The minimum Gasteiger partial charge on any atom is -0.465 e. The molecule has 5 nitrogen and oxygen atoms in total. The highest BCUT2D eigenvalue weighted by Gasteiger charge is 2.37. The van der Waals surface area contributed by atoms with E-state index in [2.05, 4.69) is 15.9 Å². The normalized spacial score (nSPS) is 12.9. The lowest BCUT2D eigenvalue weighted by Gasteiger charge is -2.31. The molecule has 0 fully saturated rings. The number of esters is 1. The van der Waals surface area contributed by atoms with E-state index in [1.54, 1.807) is 31.2 Å². The second-order valence-electron chi connectivity index (χ2n) is 7.33. The van der Waals surface area contributed by atoms with Crippen LogP contribution in [0.25, 0.3) is 0 Å². The fraction of sp³-hybridized carbons (Fsp3) is 0.409. The van der Waals surface area contributed by atoms with Gasteiger partial charge < -0.3 is 4.74 Å². The topological polar surface area (TPSA) is 63.7 Å². The Morgan fingerprint density at radius 3 is 2.28 bits per heavy atom. The number of sulfonamides is 1. The maximum Gasteiger partial charge on any atom is 0.324 e. The Morgan fingerprint density at radius 1 is 1.10 bits per heavy atom. The first kappa shape index (κ1) is 23.6. The summed E-state index contributed by atoms with van der Waals surface area (Å²) in [5, 5.41) is 0. The minimum absolute atomic E-state index is 0.0985. The average Bonchev–Trinajstić information content (AvgIpc) is 2.66. The van der Waals surface area contributed by atoms with Gasteiger partial charge in [0.05, 0.1) is 11.5 Å². The van der Waals surface area contributed by atoms with Gasteiger partial charge in [0, 0.05) is 11.0 Å². The van der Waals surface area contributed by atoms with E-state index in [0.717, 1.165) is 15.6 Å². The molecule has 0 radical (unpaired) electrons. The van der Waals surface area contributed by atoms with Gasteiger partial charge in [-0.2, -0.15) is 4.31 Å². The largest absolute Gasteiger partial charge is 0.465 e. The van der Waals surface area contributed by atoms with Gasteiger partial charge >= 0.3 is 5.97 Å². The van der Waals surface area contributed by atoms with E-state index in [0.29, 0.717) is 6.42 Å². The summed E-state index contributed by atoms with van der Waals surface area (Å²) in [6.45, 7) is 7.88. The summed E-state index contributed by atoms with van der Waals surface area (Å²) >= 11 is 3.34. The molecule has 0 bridgehead atoms. The molecular formula is C22H28BrNO4S. The molecule has 0 heterocycles. The van der Waals surface area contributed by atoms with Crippen molar-refractivity contribution in [1.82, 2.24) is 4.31 Å². The van der Waals surface area contributed by atoms with E-state index in [4.69, 9.17) is 4.74 Å². The Kier molecular flexibility index (Phi) is 8.43. The number of rotatable bonds is 9. The Morgan fingerprint density at radius 2 is 1.72 bits per heavy atom. The molecule has 0 amide bonds. The number of ether oxygens (including phenoxy) is 1. The van der Waals surface area contributed by atoms with Crippen LogP contribution in [-0.2, 0) is 26.1 Å². The number of hydrogen-bond acceptors (Lipinski definition) is 4. The van der Waals surface area contributed by atoms with Gasteiger partial charge in [0.1, 0.15) is 6.04 Å². The standard InChI is InChI=1S/C22H28BrNO4S/c1-5-28-22(25)21(14-16(2)3)24(15-18-9-7-6-8-17(18)4)29(26,27)20-12-10-19(23)11-13-20/h6-13,16,21H,5,14-15H2,1-4H3/t21-/m0/s1. The number of carbonyl (C=O) groups excluding carboxylic acids is 1. The van der Waals surface area contributed by atoms with E-state index < -0.39 is 22.0 Å². The van der Waals surface area contributed by atoms with Crippen molar-refractivity contribution in [3.05, 3.63) is 64.1 Å². The third-order valence-corrected chi connectivity index (χ3v) is 7.01. The maximum absolute atomic E-state index is 13.6. The number of nitrogens with zero attached hydrogens (tertiary/aromatic N) is 1. The molecule has 0 aliphatic rings. The number of halogens is 1. The first-order valence-corrected chi connectivity index (χ1v) is 11.9. The molecule has 158 valence electrons. The van der Waals surface area contributed by atoms with Crippen molar-refractivity contribution in [3.63, 3.8) is 0 Å². The molecule has 1 atom stereocenters. The SMILES string of the molecule is CCOC(=O)[C@H](CC(C)C)N(Cc1ccccc1C)S(=O)(=O)c1ccc(Br)cc1. The monoisotopic (exact) mass is 481 g/mol. The van der Waals surface area contributed by atoms with Crippen molar-refractivity contribution in [2.24, 2.45) is 5.92 Å². The summed E-state index contributed by atoms with van der Waals surface area (Å²) in [5.74, 6) is -0.403. The molecule has 0 unspecified atom stereocenters. The van der Waals surface area contributed by atoms with Crippen LogP contribution in [-0.4, -0.2) is 31.3 Å². The second kappa shape index (κ2) is 10.4. The predicted molar refractivity (Wildman–Crippen MR) is 118 cm³/mol. The number of carbonyl (C=O) groups is 1. The molecule has 0 aromatic heterocycles. The highest BCUT2D eigenvalue weighted by molar-refractivity contribution is 9.10. The summed E-state index contributed by atoms with van der Waals surface area (Å²) < 4.78 is 34.5. The van der Waals surface area contributed by atoms with Crippen LogP contribution in [0.1, 0.15) is 38.3 Å². The third-order valence-electron chi connectivity index (χ3n) is 4.61. The van der Waals surface area contributed by atoms with E-state index in [-0.39, 0.29) is 24.0 Å². The van der Waals surface area contributed by atoms with Crippen LogP contribution in [0.5, 0.6) is 0 Å². The van der Waals surface area contributed by atoms with Gasteiger partial charge in [-0.3, -0.25) is 4.79 Å². The van der Waals surface area contributed by atoms with Gasteiger partial charge in [-0.15, -0.1) is 0 Å². The summed E-state index contributed by atoms with van der Waals surface area (Å²) in [5.41, 5.74) is 1.82. The lowest BCUT2D eigenvalue weighted by molar-refractivity contribution is -0.148. The quantitative estimate of drug-likeness (QED) is 0.476. The Hall–Kier alpha value is -1.70. The fourth-order valence-corrected chi connectivity index (χ4v) is 4.91. The van der Waals surface area contributed by atoms with E-state index >= 15 is 0 Å². The molecule has 2 rings (SSSR count). The average molecular weight is 482 g/mol. The molecule has 0 aliphatic heterocycles. The van der Waals surface area contributed by atoms with Crippen molar-refractivity contribution >= 4 is 31.9 Å². The summed E-state index contributed by atoms with van der Waals surface area (Å²) in [7, 11) is -3.93. The lowest BCUT2D eigenvalue weighted by Crippen LogP contribution is -2.46. The molecule has 0 N–H and O–H groups in total. The molecule has 2 aromatic carbocycles. The molecule has 0 saturated heterocycles. The highest BCUT2D eigenvalue weighted by atomic mass is 79.9. The van der Waals surface area contributed by atoms with E-state index in [1.807, 2.05) is 45.0 Å². The van der Waals surface area contributed by atoms with Crippen LogP contribution in [0.2, 0.25) is 0 Å². The molecule has 0 saturated carbocycles. The van der Waals surface area contributed by atoms with E-state index in [9.17, 15) is 13.2 Å². The third kappa shape index (κ3) is 6.14. The molecule has 0 aliphatic carbocycles. The summed E-state index contributed by atoms with van der Waals surface area (Å²) in [6, 6.07) is 13.1. The first-order chi connectivity index (χ1) is 13.7. The maximum atomic E-state index is 13.6. The number of benzene rings is 2. The van der Waals surface area contributed by atoms with Crippen LogP contribution < -0.4 is 0 Å². The molecular weight excluding hydrogens is 454 g/mol. The Balaban J connectivity index is 2.57. The molecule has 29 heavy (non-hydrogen) atoms. The first-order valence-electron chi connectivity index (χ1n) is 9.65. The van der Waals surface area contributed by atoms with Crippen molar-refractivity contribution in [2.45, 2.75) is 51.6 Å². The lowest BCUT2D eigenvalue weighted by atomic mass is 10.0. The second-order valence-corrected chi connectivity index (χ2v) is 10.1. The highest BCUT2D eigenvalue weighted by Crippen LogP contribution is 2.27. The van der Waals surface area contributed by atoms with Gasteiger partial charge in [0.25, 0.3) is 0 Å². The van der Waals surface area contributed by atoms with Crippen LogP contribution in [0, 0.1) is 12.8 Å². The molecule has 7 heteroatoms. The minimum atomic E-state index is -3.93. The Bertz CT molecular complexity index is 926. The smallest absolute Gasteiger partial charge is 0.324 e. The van der Waals surface area contributed by atoms with Gasteiger partial charge in [-0.1, -0.05) is 54.0 Å². The zero-order valence-electron chi connectivity index (χ0n) is 17.3. The number of aryl methyl sites for hydroxylation is 1. The van der Waals surface area contributed by atoms with Crippen LogP contribution in [0.15, 0.2) is 57.9 Å². The molecule has 0 spiro atoms. The van der Waals surface area contributed by atoms with Crippen molar-refractivity contribution < 1.29 is 17.9 Å². The number of hydrogen-bond donors (Lipinski definition) is 0. The van der Waals surface area contributed by atoms with Crippen LogP contribution in [0.3, 0.4) is 0 Å². The van der Waals surface area contributed by atoms with E-state index in [1.165, 1.54) is 4.31 Å². The van der Waals surface area contributed by atoms with Gasteiger partial charge in [0.15, 0.2) is 0 Å². The fourth-order valence-electron chi connectivity index (χ4n) is 3.08. The zero-order valence-corrected chi connectivity index (χ0v) is 19.7. The van der Waals surface area contributed by atoms with Crippen molar-refractivity contribution in [2.75, 3.05) is 6.61 Å². The van der Waals surface area contributed by atoms with Crippen molar-refractivity contribution in [3.8, 4) is 0 Å². The van der Waals surface area contributed by atoms with Crippen LogP contribution in [0.4, 0.5) is 0 Å². The summed E-state index contributed by atoms with van der Waals surface area (Å²) in [4.78, 5) is 12.9. The van der Waals surface area contributed by atoms with Gasteiger partial charge in [-0.25, -0.2) is 8.42 Å². The zero-order chi connectivity index (χ0) is 21.6. The van der Waals surface area contributed by atoms with Gasteiger partial charge in [-0.05, 0) is 61.6 Å². The predicted octanol–water partition coefficient (Wildman–Crippen LogP) is 4.93. The van der Waals surface area contributed by atoms with Crippen molar-refractivity contribution in [1.29, 1.82) is 0 Å². The molecule has 2 aromatic rings. The van der Waals surface area contributed by atoms with Crippen LogP contribution >= 0.6 is 15.9 Å². The summed E-state index contributed by atoms with van der Waals surface area (Å²) in [6.07, 6.45) is 0.375. The van der Waals surface area contributed by atoms with Gasteiger partial charge in [0.2, 0.25) is 10.0 Å². The Labute approximate surface area is 182 Å².